The van der Waals surface area contributed by atoms with Gasteiger partial charge in [-0.05, 0) is 31.5 Å². The summed E-state index contributed by atoms with van der Waals surface area (Å²) in [6.07, 6.45) is 6.00. The minimum Gasteiger partial charge on any atom is -0.360 e. The van der Waals surface area contributed by atoms with Crippen LogP contribution in [0.1, 0.15) is 32.1 Å². The van der Waals surface area contributed by atoms with Crippen molar-refractivity contribution in [2.45, 2.75) is 38.1 Å². The van der Waals surface area contributed by atoms with Crippen LogP contribution in [0.3, 0.4) is 0 Å². The molecule has 2 rings (SSSR count). The standard InChI is InChI=1S/C12H21N3OS/c1-14-7-4-8-15(9-11(14)16)12(17)13-10-5-2-3-6-10/h10H,2-9H2,1H3,(H,13,17). The zero-order valence-corrected chi connectivity index (χ0v) is 11.3. The molecule has 1 heterocycles. The number of rotatable bonds is 1. The number of carbonyl (C=O) groups excluding carboxylic acids is 1. The van der Waals surface area contributed by atoms with Crippen molar-refractivity contribution in [2.24, 2.45) is 0 Å². The number of amides is 1. The molecule has 0 aromatic carbocycles. The van der Waals surface area contributed by atoms with Gasteiger partial charge in [0.15, 0.2) is 5.11 Å². The summed E-state index contributed by atoms with van der Waals surface area (Å²) >= 11 is 5.41. The number of likely N-dealkylation sites (N-methyl/N-ethyl adjacent to an activating group) is 1. The molecular formula is C12H21N3OS. The number of thiocarbonyl (C=S) groups is 1. The van der Waals surface area contributed by atoms with E-state index in [1.807, 2.05) is 11.9 Å². The van der Waals surface area contributed by atoms with Gasteiger partial charge in [-0.15, -0.1) is 0 Å². The van der Waals surface area contributed by atoms with Crippen LogP contribution in [-0.2, 0) is 4.79 Å². The Kier molecular flexibility index (Phi) is 4.20. The molecule has 0 aromatic heterocycles. The van der Waals surface area contributed by atoms with E-state index < -0.39 is 0 Å². The van der Waals surface area contributed by atoms with E-state index in [-0.39, 0.29) is 5.91 Å². The summed E-state index contributed by atoms with van der Waals surface area (Å²) < 4.78 is 0. The van der Waals surface area contributed by atoms with Crippen molar-refractivity contribution < 1.29 is 4.79 Å². The van der Waals surface area contributed by atoms with Gasteiger partial charge in [-0.3, -0.25) is 4.79 Å². The molecule has 0 spiro atoms. The van der Waals surface area contributed by atoms with Gasteiger partial charge in [0, 0.05) is 26.2 Å². The molecule has 0 unspecified atom stereocenters. The number of nitrogens with zero attached hydrogens (tertiary/aromatic N) is 2. The second kappa shape index (κ2) is 5.67. The molecule has 1 aliphatic heterocycles. The number of hydrogen-bond donors (Lipinski definition) is 1. The molecule has 17 heavy (non-hydrogen) atoms. The molecule has 1 N–H and O–H groups in total. The monoisotopic (exact) mass is 255 g/mol. The summed E-state index contributed by atoms with van der Waals surface area (Å²) in [5.74, 6) is 0.165. The van der Waals surface area contributed by atoms with Crippen molar-refractivity contribution in [2.75, 3.05) is 26.7 Å². The van der Waals surface area contributed by atoms with Gasteiger partial charge in [0.1, 0.15) is 0 Å². The molecule has 1 aliphatic carbocycles. The molecule has 1 saturated carbocycles. The van der Waals surface area contributed by atoms with Crippen LogP contribution in [0, 0.1) is 0 Å². The van der Waals surface area contributed by atoms with E-state index in [1.165, 1.54) is 25.7 Å². The van der Waals surface area contributed by atoms with Gasteiger partial charge in [-0.25, -0.2) is 0 Å². The molecule has 1 saturated heterocycles. The van der Waals surface area contributed by atoms with Crippen LogP contribution < -0.4 is 5.32 Å². The molecule has 0 radical (unpaired) electrons. The smallest absolute Gasteiger partial charge is 0.241 e. The third kappa shape index (κ3) is 3.31. The molecule has 5 heteroatoms. The van der Waals surface area contributed by atoms with E-state index in [9.17, 15) is 4.79 Å². The molecular weight excluding hydrogens is 234 g/mol. The van der Waals surface area contributed by atoms with Gasteiger partial charge < -0.3 is 15.1 Å². The van der Waals surface area contributed by atoms with Gasteiger partial charge in [-0.1, -0.05) is 12.8 Å². The van der Waals surface area contributed by atoms with Crippen LogP contribution in [0.4, 0.5) is 0 Å². The van der Waals surface area contributed by atoms with Crippen LogP contribution in [0.2, 0.25) is 0 Å². The molecule has 4 nitrogen and oxygen atoms in total. The van der Waals surface area contributed by atoms with Crippen molar-refractivity contribution in [3.8, 4) is 0 Å². The van der Waals surface area contributed by atoms with Crippen molar-refractivity contribution in [3.63, 3.8) is 0 Å². The maximum atomic E-state index is 11.8. The summed E-state index contributed by atoms with van der Waals surface area (Å²) in [4.78, 5) is 15.6. The summed E-state index contributed by atoms with van der Waals surface area (Å²) in [6.45, 7) is 2.14. The number of carbonyl (C=O) groups is 1. The second-order valence-electron chi connectivity index (χ2n) is 5.02. The normalized spacial score (nSPS) is 22.8. The van der Waals surface area contributed by atoms with Gasteiger partial charge >= 0.3 is 0 Å². The Morgan fingerprint density at radius 3 is 2.71 bits per heavy atom. The summed E-state index contributed by atoms with van der Waals surface area (Å²) in [5, 5.41) is 4.16. The van der Waals surface area contributed by atoms with E-state index in [1.54, 1.807) is 4.90 Å². The summed E-state index contributed by atoms with van der Waals surface area (Å²) in [6, 6.07) is 0.526. The van der Waals surface area contributed by atoms with Crippen molar-refractivity contribution in [1.29, 1.82) is 0 Å². The van der Waals surface area contributed by atoms with Crippen LogP contribution >= 0.6 is 12.2 Å². The average molecular weight is 255 g/mol. The first-order chi connectivity index (χ1) is 8.16. The Morgan fingerprint density at radius 1 is 1.29 bits per heavy atom. The molecule has 0 atom stereocenters. The third-order valence-corrected chi connectivity index (χ3v) is 4.02. The SMILES string of the molecule is CN1CCCN(C(=S)NC2CCCC2)CC1=O. The van der Waals surface area contributed by atoms with Crippen molar-refractivity contribution >= 4 is 23.2 Å². The largest absolute Gasteiger partial charge is 0.360 e. The highest BCUT2D eigenvalue weighted by molar-refractivity contribution is 7.80. The Morgan fingerprint density at radius 2 is 2.00 bits per heavy atom. The lowest BCUT2D eigenvalue weighted by atomic mass is 10.2. The minimum atomic E-state index is 0.165. The fraction of sp³-hybridized carbons (Fsp3) is 0.833. The van der Waals surface area contributed by atoms with Gasteiger partial charge in [0.2, 0.25) is 5.91 Å². The summed E-state index contributed by atoms with van der Waals surface area (Å²) in [7, 11) is 1.86. The van der Waals surface area contributed by atoms with Gasteiger partial charge in [-0.2, -0.15) is 0 Å². The first-order valence-electron chi connectivity index (χ1n) is 6.46. The zero-order chi connectivity index (χ0) is 12.3. The van der Waals surface area contributed by atoms with E-state index in [2.05, 4.69) is 5.32 Å². The fourth-order valence-electron chi connectivity index (χ4n) is 2.50. The van der Waals surface area contributed by atoms with Crippen molar-refractivity contribution in [3.05, 3.63) is 0 Å². The Balaban J connectivity index is 1.87. The Labute approximate surface area is 108 Å². The highest BCUT2D eigenvalue weighted by atomic mass is 32.1. The fourth-order valence-corrected chi connectivity index (χ4v) is 2.82. The van der Waals surface area contributed by atoms with Crippen LogP contribution in [-0.4, -0.2) is 53.5 Å². The van der Waals surface area contributed by atoms with Crippen LogP contribution in [0.15, 0.2) is 0 Å². The van der Waals surface area contributed by atoms with E-state index in [4.69, 9.17) is 12.2 Å². The molecule has 2 fully saturated rings. The van der Waals surface area contributed by atoms with Gasteiger partial charge in [0.05, 0.1) is 6.54 Å². The van der Waals surface area contributed by atoms with E-state index >= 15 is 0 Å². The lowest BCUT2D eigenvalue weighted by Gasteiger charge is -2.25. The van der Waals surface area contributed by atoms with Crippen molar-refractivity contribution in [1.82, 2.24) is 15.1 Å². The van der Waals surface area contributed by atoms with Crippen LogP contribution in [0.25, 0.3) is 0 Å². The minimum absolute atomic E-state index is 0.165. The maximum absolute atomic E-state index is 11.8. The van der Waals surface area contributed by atoms with E-state index in [0.29, 0.717) is 12.6 Å². The number of nitrogens with one attached hydrogen (secondary N) is 1. The first kappa shape index (κ1) is 12.6. The molecule has 2 aliphatic rings. The Hall–Kier alpha value is -0.840. The quantitative estimate of drug-likeness (QED) is 0.708. The first-order valence-corrected chi connectivity index (χ1v) is 6.87. The summed E-state index contributed by atoms with van der Waals surface area (Å²) in [5.41, 5.74) is 0. The zero-order valence-electron chi connectivity index (χ0n) is 10.4. The highest BCUT2D eigenvalue weighted by Crippen LogP contribution is 2.18. The lowest BCUT2D eigenvalue weighted by Crippen LogP contribution is -2.46. The van der Waals surface area contributed by atoms with Crippen LogP contribution in [0.5, 0.6) is 0 Å². The van der Waals surface area contributed by atoms with Gasteiger partial charge in [0.25, 0.3) is 0 Å². The third-order valence-electron chi connectivity index (χ3n) is 3.64. The second-order valence-corrected chi connectivity index (χ2v) is 5.41. The van der Waals surface area contributed by atoms with E-state index in [0.717, 1.165) is 24.6 Å². The molecule has 0 aromatic rings. The molecule has 1 amide bonds. The lowest BCUT2D eigenvalue weighted by molar-refractivity contribution is -0.129. The maximum Gasteiger partial charge on any atom is 0.241 e. The number of hydrogen-bond acceptors (Lipinski definition) is 2. The molecule has 0 bridgehead atoms. The molecule has 96 valence electrons. The predicted octanol–water partition coefficient (Wildman–Crippen LogP) is 0.968. The average Bonchev–Trinajstić information content (AvgIpc) is 2.73. The predicted molar refractivity (Wildman–Crippen MR) is 71.8 cm³/mol. The highest BCUT2D eigenvalue weighted by Gasteiger charge is 2.23. The topological polar surface area (TPSA) is 35.6 Å². The Bertz CT molecular complexity index is 302.